The van der Waals surface area contributed by atoms with Crippen LogP contribution in [0.1, 0.15) is 17.3 Å². The first-order chi connectivity index (χ1) is 6.52. The van der Waals surface area contributed by atoms with Crippen molar-refractivity contribution in [2.45, 2.75) is 6.92 Å². The molecule has 2 nitrogen and oxygen atoms in total. The summed E-state index contributed by atoms with van der Waals surface area (Å²) in [5, 5.41) is 0. The van der Waals surface area contributed by atoms with Crippen LogP contribution in [0.2, 0.25) is 0 Å². The highest BCUT2D eigenvalue weighted by molar-refractivity contribution is 6.07. The summed E-state index contributed by atoms with van der Waals surface area (Å²) in [7, 11) is 3.94. The first-order valence-electron chi connectivity index (χ1n) is 4.50. The van der Waals surface area contributed by atoms with Gasteiger partial charge in [-0.1, -0.05) is 6.58 Å². The number of rotatable bonds is 3. The number of hydrogen-bond donors (Lipinski definition) is 0. The second kappa shape index (κ2) is 4.09. The molecule has 14 heavy (non-hydrogen) atoms. The molecule has 74 valence electrons. The van der Waals surface area contributed by atoms with Gasteiger partial charge in [-0.05, 0) is 36.8 Å². The highest BCUT2D eigenvalue weighted by Gasteiger charge is 2.05. The summed E-state index contributed by atoms with van der Waals surface area (Å²) in [6.45, 7) is 5.35. The molecule has 0 N–H and O–H groups in total. The van der Waals surface area contributed by atoms with Crippen molar-refractivity contribution < 1.29 is 4.79 Å². The van der Waals surface area contributed by atoms with Crippen LogP contribution >= 0.6 is 0 Å². The number of benzene rings is 1. The summed E-state index contributed by atoms with van der Waals surface area (Å²) in [5.41, 5.74) is 2.36. The highest BCUT2D eigenvalue weighted by atomic mass is 16.1. The second-order valence-electron chi connectivity index (χ2n) is 3.55. The zero-order valence-electron chi connectivity index (χ0n) is 8.87. The van der Waals surface area contributed by atoms with Gasteiger partial charge in [0, 0.05) is 25.3 Å². The van der Waals surface area contributed by atoms with Gasteiger partial charge in [-0.3, -0.25) is 4.79 Å². The number of carbonyl (C=O) groups excluding carboxylic acids is 1. The van der Waals surface area contributed by atoms with Crippen molar-refractivity contribution in [2.75, 3.05) is 19.0 Å². The molecule has 0 aliphatic rings. The Morgan fingerprint density at radius 1 is 1.21 bits per heavy atom. The maximum absolute atomic E-state index is 11.5. The van der Waals surface area contributed by atoms with Crippen LogP contribution in [-0.4, -0.2) is 19.9 Å². The topological polar surface area (TPSA) is 20.3 Å². The lowest BCUT2D eigenvalue weighted by molar-refractivity contribution is 0.103. The third-order valence-electron chi connectivity index (χ3n) is 2.03. The smallest absolute Gasteiger partial charge is 0.188 e. The molecule has 0 saturated carbocycles. The fraction of sp³-hybridized carbons (Fsp3) is 0.250. The molecule has 0 aliphatic heterocycles. The second-order valence-corrected chi connectivity index (χ2v) is 3.55. The average molecular weight is 189 g/mol. The van der Waals surface area contributed by atoms with Crippen molar-refractivity contribution in [3.8, 4) is 0 Å². The van der Waals surface area contributed by atoms with Crippen LogP contribution in [-0.2, 0) is 0 Å². The van der Waals surface area contributed by atoms with Crippen LogP contribution in [0, 0.1) is 0 Å². The van der Waals surface area contributed by atoms with Crippen molar-refractivity contribution >= 4 is 11.5 Å². The third-order valence-corrected chi connectivity index (χ3v) is 2.03. The molecule has 0 atom stereocenters. The number of anilines is 1. The van der Waals surface area contributed by atoms with E-state index in [-0.39, 0.29) is 5.78 Å². The predicted molar refractivity (Wildman–Crippen MR) is 59.9 cm³/mol. The Hall–Kier alpha value is -1.57. The maximum atomic E-state index is 11.5. The first kappa shape index (κ1) is 10.5. The van der Waals surface area contributed by atoms with Gasteiger partial charge in [-0.25, -0.2) is 0 Å². The van der Waals surface area contributed by atoms with E-state index in [4.69, 9.17) is 0 Å². The minimum absolute atomic E-state index is 0.00954. The van der Waals surface area contributed by atoms with Crippen molar-refractivity contribution in [2.24, 2.45) is 0 Å². The van der Waals surface area contributed by atoms with E-state index in [1.807, 2.05) is 43.3 Å². The predicted octanol–water partition coefficient (Wildman–Crippen LogP) is 2.51. The highest BCUT2D eigenvalue weighted by Crippen LogP contribution is 2.14. The van der Waals surface area contributed by atoms with Crippen molar-refractivity contribution in [3.63, 3.8) is 0 Å². The van der Waals surface area contributed by atoms with Gasteiger partial charge in [0.15, 0.2) is 5.78 Å². The SMILES string of the molecule is C=C(C)C(=O)c1ccc(N(C)C)cc1. The molecule has 1 aromatic carbocycles. The van der Waals surface area contributed by atoms with Gasteiger partial charge in [-0.2, -0.15) is 0 Å². The Morgan fingerprint density at radius 3 is 2.07 bits per heavy atom. The van der Waals surface area contributed by atoms with E-state index >= 15 is 0 Å². The number of allylic oxidation sites excluding steroid dienone is 1. The van der Waals surface area contributed by atoms with Crippen LogP contribution < -0.4 is 4.90 Å². The summed E-state index contributed by atoms with van der Waals surface area (Å²) >= 11 is 0. The monoisotopic (exact) mass is 189 g/mol. The number of Topliss-reactive ketones (excluding diaryl/α,β-unsaturated/α-hetero) is 1. The Morgan fingerprint density at radius 2 is 1.71 bits per heavy atom. The minimum atomic E-state index is 0.00954. The van der Waals surface area contributed by atoms with E-state index < -0.39 is 0 Å². The van der Waals surface area contributed by atoms with Crippen LogP contribution in [0.3, 0.4) is 0 Å². The van der Waals surface area contributed by atoms with Crippen LogP contribution in [0.15, 0.2) is 36.4 Å². The van der Waals surface area contributed by atoms with Crippen molar-refractivity contribution in [3.05, 3.63) is 42.0 Å². The molecule has 0 aliphatic carbocycles. The Bertz CT molecular complexity index is 349. The van der Waals surface area contributed by atoms with Gasteiger partial charge in [0.2, 0.25) is 0 Å². The largest absolute Gasteiger partial charge is 0.378 e. The van der Waals surface area contributed by atoms with E-state index in [0.29, 0.717) is 11.1 Å². The van der Waals surface area contributed by atoms with Crippen molar-refractivity contribution in [1.29, 1.82) is 0 Å². The van der Waals surface area contributed by atoms with Crippen LogP contribution in [0.4, 0.5) is 5.69 Å². The van der Waals surface area contributed by atoms with E-state index in [1.54, 1.807) is 6.92 Å². The summed E-state index contributed by atoms with van der Waals surface area (Å²) < 4.78 is 0. The number of hydrogen-bond acceptors (Lipinski definition) is 2. The molecule has 0 radical (unpaired) electrons. The normalized spacial score (nSPS) is 9.64. The van der Waals surface area contributed by atoms with Gasteiger partial charge < -0.3 is 4.90 Å². The zero-order chi connectivity index (χ0) is 10.7. The van der Waals surface area contributed by atoms with Crippen LogP contribution in [0.25, 0.3) is 0 Å². The lowest BCUT2D eigenvalue weighted by atomic mass is 10.1. The Kier molecular flexibility index (Phi) is 3.07. The fourth-order valence-electron chi connectivity index (χ4n) is 1.16. The molecule has 0 bridgehead atoms. The molecule has 1 aromatic rings. The van der Waals surface area contributed by atoms with Crippen LogP contribution in [0.5, 0.6) is 0 Å². The molecular formula is C12H15NO. The van der Waals surface area contributed by atoms with Crippen molar-refractivity contribution in [1.82, 2.24) is 0 Å². The lowest BCUT2D eigenvalue weighted by Gasteiger charge is -2.12. The Balaban J connectivity index is 2.94. The van der Waals surface area contributed by atoms with E-state index in [2.05, 4.69) is 6.58 Å². The molecule has 0 unspecified atom stereocenters. The Labute approximate surface area is 84.9 Å². The standard InChI is InChI=1S/C12H15NO/c1-9(2)12(14)10-5-7-11(8-6-10)13(3)4/h5-8H,1H2,2-4H3. The van der Waals surface area contributed by atoms with E-state index in [9.17, 15) is 4.79 Å². The lowest BCUT2D eigenvalue weighted by Crippen LogP contribution is -2.08. The molecule has 0 amide bonds. The summed E-state index contributed by atoms with van der Waals surface area (Å²) in [4.78, 5) is 13.5. The molecule has 1 rings (SSSR count). The van der Waals surface area contributed by atoms with Gasteiger partial charge in [0.25, 0.3) is 0 Å². The molecule has 0 saturated heterocycles. The third kappa shape index (κ3) is 2.22. The molecule has 2 heteroatoms. The fourth-order valence-corrected chi connectivity index (χ4v) is 1.16. The maximum Gasteiger partial charge on any atom is 0.188 e. The van der Waals surface area contributed by atoms with Gasteiger partial charge in [0.05, 0.1) is 0 Å². The molecule has 0 spiro atoms. The summed E-state index contributed by atoms with van der Waals surface area (Å²) in [5.74, 6) is 0.00954. The summed E-state index contributed by atoms with van der Waals surface area (Å²) in [6, 6.07) is 7.50. The molecule has 0 fully saturated rings. The number of carbonyl (C=O) groups is 1. The van der Waals surface area contributed by atoms with Gasteiger partial charge in [-0.15, -0.1) is 0 Å². The average Bonchev–Trinajstić information content (AvgIpc) is 2.16. The minimum Gasteiger partial charge on any atom is -0.378 e. The molecule has 0 heterocycles. The van der Waals surface area contributed by atoms with E-state index in [0.717, 1.165) is 5.69 Å². The van der Waals surface area contributed by atoms with Gasteiger partial charge in [0.1, 0.15) is 0 Å². The van der Waals surface area contributed by atoms with Gasteiger partial charge >= 0.3 is 0 Å². The number of nitrogens with zero attached hydrogens (tertiary/aromatic N) is 1. The summed E-state index contributed by atoms with van der Waals surface area (Å²) in [6.07, 6.45) is 0. The molecular weight excluding hydrogens is 174 g/mol. The first-order valence-corrected chi connectivity index (χ1v) is 4.50. The van der Waals surface area contributed by atoms with E-state index in [1.165, 1.54) is 0 Å². The zero-order valence-corrected chi connectivity index (χ0v) is 8.87. The quantitative estimate of drug-likeness (QED) is 0.538. The molecule has 0 aromatic heterocycles. The number of ketones is 1.